The molecule has 0 aliphatic rings. The van der Waals surface area contributed by atoms with Crippen molar-refractivity contribution in [2.75, 3.05) is 5.73 Å². The van der Waals surface area contributed by atoms with Crippen LogP contribution in [0.4, 0.5) is 5.88 Å². The fourth-order valence-electron chi connectivity index (χ4n) is 2.34. The lowest BCUT2D eigenvalue weighted by atomic mass is 10.1. The van der Waals surface area contributed by atoms with Crippen LogP contribution in [0.5, 0.6) is 5.75 Å². The van der Waals surface area contributed by atoms with Gasteiger partial charge in [-0.1, -0.05) is 6.92 Å². The minimum atomic E-state index is -0.266. The number of phenols is 1. The average molecular weight is 285 g/mol. The molecule has 4 N–H and O–H groups in total. The molecule has 3 rings (SSSR count). The zero-order valence-electron chi connectivity index (χ0n) is 11.7. The van der Waals surface area contributed by atoms with Crippen molar-refractivity contribution in [2.45, 2.75) is 20.3 Å². The predicted molar refractivity (Wildman–Crippen MR) is 80.3 cm³/mol. The van der Waals surface area contributed by atoms with Crippen molar-refractivity contribution in [3.8, 4) is 17.1 Å². The number of H-pyrrole nitrogens is 1. The van der Waals surface area contributed by atoms with E-state index in [9.17, 15) is 9.90 Å². The maximum Gasteiger partial charge on any atom is 0.205 e. The van der Waals surface area contributed by atoms with Crippen LogP contribution in [0.25, 0.3) is 22.4 Å². The molecule has 0 fully saturated rings. The van der Waals surface area contributed by atoms with Gasteiger partial charge in [0.2, 0.25) is 11.3 Å². The van der Waals surface area contributed by atoms with Gasteiger partial charge in [-0.25, -0.2) is 4.98 Å². The lowest BCUT2D eigenvalue weighted by Crippen LogP contribution is -2.10. The monoisotopic (exact) mass is 285 g/mol. The average Bonchev–Trinajstić information content (AvgIpc) is 2.84. The summed E-state index contributed by atoms with van der Waals surface area (Å²) in [6.07, 6.45) is 2.23. The number of fused-ring (bicyclic) bond motifs is 1. The highest BCUT2D eigenvalue weighted by molar-refractivity contribution is 5.86. The van der Waals surface area contributed by atoms with Gasteiger partial charge in [-0.05, 0) is 25.0 Å². The highest BCUT2D eigenvalue weighted by Gasteiger charge is 2.18. The molecule has 0 saturated carbocycles. The number of nitrogen functional groups attached to an aromatic ring is 1. The first-order valence-corrected chi connectivity index (χ1v) is 6.61. The van der Waals surface area contributed by atoms with E-state index in [0.717, 1.165) is 5.69 Å². The number of aryl methyl sites for hydroxylation is 2. The summed E-state index contributed by atoms with van der Waals surface area (Å²) in [6, 6.07) is 3.05. The van der Waals surface area contributed by atoms with E-state index in [-0.39, 0.29) is 28.2 Å². The van der Waals surface area contributed by atoms with Gasteiger partial charge in [0.1, 0.15) is 22.7 Å². The Balaban J connectivity index is 2.37. The summed E-state index contributed by atoms with van der Waals surface area (Å²) >= 11 is 0. The van der Waals surface area contributed by atoms with Crippen LogP contribution in [0, 0.1) is 6.92 Å². The number of benzene rings is 1. The van der Waals surface area contributed by atoms with Crippen LogP contribution in [0.2, 0.25) is 0 Å². The summed E-state index contributed by atoms with van der Waals surface area (Å²) in [5.74, 6) is 0.450. The standard InChI is InChI=1S/C15H15N3O3/c1-3-8-4-9-11(5-10(8)19)21-14(16)12(13(9)20)15-17-6-7(2)18-15/h4-6,19H,3,16H2,1-2H3,(H,17,18). The Morgan fingerprint density at radius 2 is 2.19 bits per heavy atom. The Bertz CT molecular complexity index is 893. The van der Waals surface area contributed by atoms with E-state index in [1.165, 1.54) is 6.07 Å². The SMILES string of the molecule is CCc1cc2c(=O)c(-c3ncc(C)[nH]3)c(N)oc2cc1O. The molecule has 1 aromatic carbocycles. The minimum Gasteiger partial charge on any atom is -0.508 e. The van der Waals surface area contributed by atoms with Crippen LogP contribution in [0.3, 0.4) is 0 Å². The quantitative estimate of drug-likeness (QED) is 0.670. The van der Waals surface area contributed by atoms with E-state index in [1.807, 2.05) is 13.8 Å². The topological polar surface area (TPSA) is 105 Å². The summed E-state index contributed by atoms with van der Waals surface area (Å²) in [4.78, 5) is 19.8. The second kappa shape index (κ2) is 4.66. The summed E-state index contributed by atoms with van der Waals surface area (Å²) in [5, 5.41) is 10.2. The molecule has 0 saturated heterocycles. The van der Waals surface area contributed by atoms with Crippen molar-refractivity contribution in [2.24, 2.45) is 0 Å². The molecule has 0 unspecified atom stereocenters. The van der Waals surface area contributed by atoms with Gasteiger partial charge >= 0.3 is 0 Å². The van der Waals surface area contributed by atoms with Crippen LogP contribution < -0.4 is 11.2 Å². The van der Waals surface area contributed by atoms with E-state index in [0.29, 0.717) is 23.2 Å². The highest BCUT2D eigenvalue weighted by Crippen LogP contribution is 2.29. The Hall–Kier alpha value is -2.76. The molecule has 0 amide bonds. The number of aromatic hydroxyl groups is 1. The molecule has 3 aromatic rings. The molecule has 0 atom stereocenters. The van der Waals surface area contributed by atoms with Gasteiger partial charge in [0.25, 0.3) is 0 Å². The largest absolute Gasteiger partial charge is 0.508 e. The lowest BCUT2D eigenvalue weighted by Gasteiger charge is -2.07. The van der Waals surface area contributed by atoms with E-state index in [4.69, 9.17) is 10.2 Å². The van der Waals surface area contributed by atoms with Crippen LogP contribution >= 0.6 is 0 Å². The molecule has 0 aliphatic carbocycles. The molecule has 6 nitrogen and oxygen atoms in total. The van der Waals surface area contributed by atoms with E-state index >= 15 is 0 Å². The fourth-order valence-corrected chi connectivity index (χ4v) is 2.34. The normalized spacial score (nSPS) is 11.1. The van der Waals surface area contributed by atoms with Crippen LogP contribution in [0.15, 0.2) is 27.5 Å². The van der Waals surface area contributed by atoms with Gasteiger partial charge in [-0.15, -0.1) is 0 Å². The van der Waals surface area contributed by atoms with E-state index < -0.39 is 0 Å². The van der Waals surface area contributed by atoms with Crippen LogP contribution in [-0.2, 0) is 6.42 Å². The van der Waals surface area contributed by atoms with Crippen LogP contribution in [-0.4, -0.2) is 15.1 Å². The van der Waals surface area contributed by atoms with Crippen molar-refractivity contribution >= 4 is 16.9 Å². The van der Waals surface area contributed by atoms with Crippen molar-refractivity contribution in [3.05, 3.63) is 39.8 Å². The van der Waals surface area contributed by atoms with Gasteiger partial charge in [-0.3, -0.25) is 4.79 Å². The minimum absolute atomic E-state index is 0.0227. The number of aromatic amines is 1. The third-order valence-corrected chi connectivity index (χ3v) is 3.44. The molecular weight excluding hydrogens is 270 g/mol. The fraction of sp³-hybridized carbons (Fsp3) is 0.200. The maximum atomic E-state index is 12.7. The molecule has 0 aliphatic heterocycles. The van der Waals surface area contributed by atoms with E-state index in [1.54, 1.807) is 12.3 Å². The first kappa shape index (κ1) is 13.2. The summed E-state index contributed by atoms with van der Waals surface area (Å²) in [7, 11) is 0. The number of hydrogen-bond donors (Lipinski definition) is 3. The van der Waals surface area contributed by atoms with Gasteiger partial charge in [-0.2, -0.15) is 0 Å². The molecule has 0 radical (unpaired) electrons. The second-order valence-corrected chi connectivity index (χ2v) is 4.92. The number of phenolic OH excluding ortho intramolecular Hbond substituents is 1. The van der Waals surface area contributed by atoms with Gasteiger partial charge in [0.15, 0.2) is 0 Å². The van der Waals surface area contributed by atoms with Crippen LogP contribution in [0.1, 0.15) is 18.2 Å². The van der Waals surface area contributed by atoms with Crippen molar-refractivity contribution < 1.29 is 9.52 Å². The number of nitrogens with one attached hydrogen (secondary N) is 1. The molecule has 0 bridgehead atoms. The number of hydrogen-bond acceptors (Lipinski definition) is 5. The summed E-state index contributed by atoms with van der Waals surface area (Å²) in [6.45, 7) is 3.74. The summed E-state index contributed by atoms with van der Waals surface area (Å²) < 4.78 is 5.48. The van der Waals surface area contributed by atoms with Gasteiger partial charge in [0, 0.05) is 18.0 Å². The Morgan fingerprint density at radius 3 is 2.81 bits per heavy atom. The summed E-state index contributed by atoms with van der Waals surface area (Å²) in [5.41, 5.74) is 7.55. The number of rotatable bonds is 2. The maximum absolute atomic E-state index is 12.7. The zero-order valence-corrected chi connectivity index (χ0v) is 11.7. The number of anilines is 1. The smallest absolute Gasteiger partial charge is 0.205 e. The molecule has 6 heteroatoms. The third kappa shape index (κ3) is 2.05. The number of nitrogens with zero attached hydrogens (tertiary/aromatic N) is 1. The van der Waals surface area contributed by atoms with E-state index in [2.05, 4.69) is 9.97 Å². The Morgan fingerprint density at radius 1 is 1.43 bits per heavy atom. The molecule has 2 heterocycles. The first-order valence-electron chi connectivity index (χ1n) is 6.61. The van der Waals surface area contributed by atoms with Crippen molar-refractivity contribution in [3.63, 3.8) is 0 Å². The third-order valence-electron chi connectivity index (χ3n) is 3.44. The number of aromatic nitrogens is 2. The number of imidazole rings is 1. The molecule has 0 spiro atoms. The van der Waals surface area contributed by atoms with Crippen molar-refractivity contribution in [1.29, 1.82) is 0 Å². The molecular formula is C15H15N3O3. The highest BCUT2D eigenvalue weighted by atomic mass is 16.3. The van der Waals surface area contributed by atoms with Gasteiger partial charge < -0.3 is 20.2 Å². The molecule has 21 heavy (non-hydrogen) atoms. The first-order chi connectivity index (χ1) is 10.0. The Labute approximate surface area is 120 Å². The number of nitrogens with two attached hydrogens (primary N) is 1. The zero-order chi connectivity index (χ0) is 15.1. The molecule has 2 aromatic heterocycles. The Kier molecular flexibility index (Phi) is 2.94. The van der Waals surface area contributed by atoms with Crippen molar-refractivity contribution in [1.82, 2.24) is 9.97 Å². The van der Waals surface area contributed by atoms with Gasteiger partial charge in [0.05, 0.1) is 5.39 Å². The second-order valence-electron chi connectivity index (χ2n) is 4.92. The lowest BCUT2D eigenvalue weighted by molar-refractivity contribution is 0.468. The molecule has 108 valence electrons. The predicted octanol–water partition coefficient (Wildman–Crippen LogP) is 2.34.